The molecule has 4 nitrogen and oxygen atoms in total. The van der Waals surface area contributed by atoms with Crippen LogP contribution in [0.15, 0.2) is 6.20 Å². The van der Waals surface area contributed by atoms with Crippen LogP contribution in [-0.2, 0) is 0 Å². The van der Waals surface area contributed by atoms with Gasteiger partial charge in [-0.3, -0.25) is 4.68 Å². The molecule has 2 aliphatic heterocycles. The highest BCUT2D eigenvalue weighted by molar-refractivity contribution is 5.27. The van der Waals surface area contributed by atoms with Crippen molar-refractivity contribution in [2.45, 2.75) is 44.7 Å². The Morgan fingerprint density at radius 2 is 2.35 bits per heavy atom. The van der Waals surface area contributed by atoms with Crippen molar-refractivity contribution in [1.29, 1.82) is 5.26 Å². The Kier molecular flexibility index (Phi) is 2.64. The second-order valence-electron chi connectivity index (χ2n) is 5.43. The molecule has 1 saturated carbocycles. The summed E-state index contributed by atoms with van der Waals surface area (Å²) in [6.07, 6.45) is 7.04. The molecule has 3 fully saturated rings. The molecule has 0 aromatic carbocycles. The van der Waals surface area contributed by atoms with Gasteiger partial charge in [-0.25, -0.2) is 0 Å². The van der Waals surface area contributed by atoms with Crippen LogP contribution in [0.3, 0.4) is 0 Å². The topological polar surface area (TPSA) is 53.6 Å². The van der Waals surface area contributed by atoms with Gasteiger partial charge in [-0.05, 0) is 45.1 Å². The van der Waals surface area contributed by atoms with E-state index in [1.807, 2.05) is 17.8 Å². The lowest BCUT2D eigenvalue weighted by Gasteiger charge is -2.23. The Balaban J connectivity index is 1.86. The molecule has 0 spiro atoms. The summed E-state index contributed by atoms with van der Waals surface area (Å²) in [5.41, 5.74) is 1.58. The largest absolute Gasteiger partial charge is 0.314 e. The van der Waals surface area contributed by atoms with Gasteiger partial charge >= 0.3 is 0 Å². The summed E-state index contributed by atoms with van der Waals surface area (Å²) in [7, 11) is 0. The first-order valence-corrected chi connectivity index (χ1v) is 6.45. The van der Waals surface area contributed by atoms with Gasteiger partial charge < -0.3 is 5.32 Å². The van der Waals surface area contributed by atoms with E-state index in [9.17, 15) is 0 Å². The number of rotatable bonds is 1. The van der Waals surface area contributed by atoms with Gasteiger partial charge in [0.15, 0.2) is 5.69 Å². The van der Waals surface area contributed by atoms with Gasteiger partial charge in [0.2, 0.25) is 0 Å². The summed E-state index contributed by atoms with van der Waals surface area (Å²) < 4.78 is 2.03. The van der Waals surface area contributed by atoms with Crippen LogP contribution in [0, 0.1) is 24.2 Å². The molecule has 3 heterocycles. The van der Waals surface area contributed by atoms with Crippen LogP contribution in [0.1, 0.15) is 43.0 Å². The average Bonchev–Trinajstić information content (AvgIpc) is 2.54. The lowest BCUT2D eigenvalue weighted by molar-refractivity contribution is 0.339. The third-order valence-electron chi connectivity index (χ3n) is 4.18. The number of hydrogen-bond donors (Lipinski definition) is 1. The van der Waals surface area contributed by atoms with Crippen molar-refractivity contribution in [3.63, 3.8) is 0 Å². The van der Waals surface area contributed by atoms with Crippen LogP contribution in [0.5, 0.6) is 0 Å². The number of aromatic nitrogens is 2. The zero-order valence-electron chi connectivity index (χ0n) is 10.2. The fraction of sp³-hybridized carbons (Fsp3) is 0.692. The van der Waals surface area contributed by atoms with Crippen LogP contribution in [0.4, 0.5) is 0 Å². The minimum absolute atomic E-state index is 0.475. The molecule has 2 saturated heterocycles. The van der Waals surface area contributed by atoms with Crippen LogP contribution in [-0.4, -0.2) is 22.4 Å². The van der Waals surface area contributed by atoms with Crippen molar-refractivity contribution in [1.82, 2.24) is 15.1 Å². The SMILES string of the molecule is Cc1cn(C2CC3CCC(C2)NC3)nc1C#N. The van der Waals surface area contributed by atoms with Gasteiger partial charge in [-0.15, -0.1) is 0 Å². The number of piperidine rings is 1. The number of nitrogens with zero attached hydrogens (tertiary/aromatic N) is 3. The third kappa shape index (κ3) is 1.96. The van der Waals surface area contributed by atoms with Gasteiger partial charge in [0.25, 0.3) is 0 Å². The van der Waals surface area contributed by atoms with Crippen molar-refractivity contribution in [2.75, 3.05) is 6.54 Å². The maximum Gasteiger partial charge on any atom is 0.165 e. The zero-order chi connectivity index (χ0) is 11.8. The fourth-order valence-corrected chi connectivity index (χ4v) is 3.18. The molecular formula is C13H18N4. The molecule has 3 atom stereocenters. The molecule has 3 unspecified atom stereocenters. The second-order valence-corrected chi connectivity index (χ2v) is 5.43. The van der Waals surface area contributed by atoms with Gasteiger partial charge in [0, 0.05) is 17.8 Å². The Hall–Kier alpha value is -1.34. The second kappa shape index (κ2) is 4.15. The van der Waals surface area contributed by atoms with Gasteiger partial charge in [-0.2, -0.15) is 10.4 Å². The number of aryl methyl sites for hydroxylation is 1. The lowest BCUT2D eigenvalue weighted by Crippen LogP contribution is -2.35. The summed E-state index contributed by atoms with van der Waals surface area (Å²) in [6.45, 7) is 3.12. The van der Waals surface area contributed by atoms with E-state index in [0.29, 0.717) is 17.8 Å². The highest BCUT2D eigenvalue weighted by Gasteiger charge is 2.31. The molecule has 1 aromatic heterocycles. The maximum atomic E-state index is 8.96. The minimum Gasteiger partial charge on any atom is -0.314 e. The first-order chi connectivity index (χ1) is 8.26. The van der Waals surface area contributed by atoms with E-state index >= 15 is 0 Å². The first-order valence-electron chi connectivity index (χ1n) is 6.45. The highest BCUT2D eigenvalue weighted by atomic mass is 15.3. The predicted octanol–water partition coefficient (Wildman–Crippen LogP) is 1.77. The zero-order valence-corrected chi connectivity index (χ0v) is 10.2. The van der Waals surface area contributed by atoms with Crippen molar-refractivity contribution in [3.05, 3.63) is 17.5 Å². The van der Waals surface area contributed by atoms with Crippen LogP contribution < -0.4 is 5.32 Å². The maximum absolute atomic E-state index is 8.96. The first kappa shape index (κ1) is 10.8. The number of hydrogen-bond acceptors (Lipinski definition) is 3. The molecule has 1 aliphatic carbocycles. The monoisotopic (exact) mass is 230 g/mol. The van der Waals surface area contributed by atoms with E-state index < -0.39 is 0 Å². The van der Waals surface area contributed by atoms with Crippen LogP contribution >= 0.6 is 0 Å². The fourth-order valence-electron chi connectivity index (χ4n) is 3.18. The molecule has 0 radical (unpaired) electrons. The summed E-state index contributed by atoms with van der Waals surface area (Å²) in [5.74, 6) is 0.786. The molecule has 1 N–H and O–H groups in total. The van der Waals surface area contributed by atoms with E-state index in [-0.39, 0.29) is 0 Å². The average molecular weight is 230 g/mol. The minimum atomic E-state index is 0.475. The van der Waals surface area contributed by atoms with Crippen molar-refractivity contribution < 1.29 is 0 Å². The van der Waals surface area contributed by atoms with Crippen LogP contribution in [0.25, 0.3) is 0 Å². The Morgan fingerprint density at radius 1 is 1.47 bits per heavy atom. The molecular weight excluding hydrogens is 212 g/mol. The van der Waals surface area contributed by atoms with Gasteiger partial charge in [0.1, 0.15) is 6.07 Å². The van der Waals surface area contributed by atoms with E-state index in [2.05, 4.69) is 16.5 Å². The predicted molar refractivity (Wildman–Crippen MR) is 64.5 cm³/mol. The Morgan fingerprint density at radius 3 is 3.00 bits per heavy atom. The molecule has 4 rings (SSSR count). The van der Waals surface area contributed by atoms with Gasteiger partial charge in [-0.1, -0.05) is 0 Å². The van der Waals surface area contributed by atoms with E-state index in [0.717, 1.165) is 24.4 Å². The normalized spacial score (nSPS) is 32.1. The molecule has 1 aromatic rings. The van der Waals surface area contributed by atoms with E-state index in [1.54, 1.807) is 0 Å². The number of fused-ring (bicyclic) bond motifs is 4. The summed E-state index contributed by atoms with van der Waals surface area (Å²) >= 11 is 0. The Bertz CT molecular complexity index is 434. The Labute approximate surface area is 102 Å². The smallest absolute Gasteiger partial charge is 0.165 e. The standard InChI is InChI=1S/C13H18N4/c1-9-8-17(16-13(9)6-14)12-4-10-2-3-11(5-12)15-7-10/h8,10-12,15H,2-5,7H2,1H3. The molecule has 0 amide bonds. The van der Waals surface area contributed by atoms with Crippen molar-refractivity contribution in [3.8, 4) is 6.07 Å². The molecule has 17 heavy (non-hydrogen) atoms. The molecule has 3 aliphatic rings. The summed E-state index contributed by atoms with van der Waals surface area (Å²) in [6, 6.07) is 3.28. The van der Waals surface area contributed by atoms with Crippen molar-refractivity contribution in [2.24, 2.45) is 5.92 Å². The van der Waals surface area contributed by atoms with Crippen molar-refractivity contribution >= 4 is 0 Å². The number of nitriles is 1. The van der Waals surface area contributed by atoms with Gasteiger partial charge in [0.05, 0.1) is 6.04 Å². The summed E-state index contributed by atoms with van der Waals surface area (Å²) in [4.78, 5) is 0. The van der Waals surface area contributed by atoms with E-state index in [1.165, 1.54) is 19.3 Å². The highest BCUT2D eigenvalue weighted by Crippen LogP contribution is 2.34. The third-order valence-corrected chi connectivity index (χ3v) is 4.18. The molecule has 4 heteroatoms. The molecule has 90 valence electrons. The lowest BCUT2D eigenvalue weighted by atomic mass is 9.96. The van der Waals surface area contributed by atoms with E-state index in [4.69, 9.17) is 5.26 Å². The molecule has 2 bridgehead atoms. The quantitative estimate of drug-likeness (QED) is 0.800. The summed E-state index contributed by atoms with van der Waals surface area (Å²) in [5, 5.41) is 17.0. The number of nitrogens with one attached hydrogen (secondary N) is 1. The van der Waals surface area contributed by atoms with Crippen LogP contribution in [0.2, 0.25) is 0 Å².